The summed E-state index contributed by atoms with van der Waals surface area (Å²) in [5, 5.41) is 3.06. The Balaban J connectivity index is 2.72. The Morgan fingerprint density at radius 3 is 2.78 bits per heavy atom. The van der Waals surface area contributed by atoms with Crippen LogP contribution >= 0.6 is 0 Å². The summed E-state index contributed by atoms with van der Waals surface area (Å²) >= 11 is 0. The molecule has 0 bridgehead atoms. The van der Waals surface area contributed by atoms with Crippen LogP contribution < -0.4 is 10.1 Å². The van der Waals surface area contributed by atoms with Crippen molar-refractivity contribution in [2.24, 2.45) is 0 Å². The van der Waals surface area contributed by atoms with Crippen LogP contribution in [0.25, 0.3) is 0 Å². The van der Waals surface area contributed by atoms with Gasteiger partial charge in [-0.1, -0.05) is 6.07 Å². The Kier molecular flexibility index (Phi) is 5.82. The number of aryl methyl sites for hydroxylation is 1. The molecule has 0 aliphatic heterocycles. The molecular weight excluding hydrogens is 228 g/mol. The second-order valence-electron chi connectivity index (χ2n) is 4.47. The van der Waals surface area contributed by atoms with Gasteiger partial charge in [0.15, 0.2) is 5.78 Å². The maximum Gasteiger partial charge on any atom is 0.180 e. The summed E-state index contributed by atoms with van der Waals surface area (Å²) in [6.07, 6.45) is 0. The summed E-state index contributed by atoms with van der Waals surface area (Å²) in [5.74, 6) is 0.743. The first-order chi connectivity index (χ1) is 8.58. The lowest BCUT2D eigenvalue weighted by atomic mass is 10.1. The molecule has 0 heterocycles. The summed E-state index contributed by atoms with van der Waals surface area (Å²) in [7, 11) is 5.44. The standard InChI is InChI=1S/C14H22N2O2/c1-11-5-6-12(14(9-11)18-4)13(17)10-16(3)8-7-15-2/h5-6,9,15H,7-8,10H2,1-4H3. The molecule has 4 nitrogen and oxygen atoms in total. The first kappa shape index (κ1) is 14.7. The van der Waals surface area contributed by atoms with E-state index in [1.54, 1.807) is 7.11 Å². The lowest BCUT2D eigenvalue weighted by Crippen LogP contribution is -2.32. The van der Waals surface area contributed by atoms with Crippen molar-refractivity contribution >= 4 is 5.78 Å². The first-order valence-corrected chi connectivity index (χ1v) is 6.09. The third kappa shape index (κ3) is 4.13. The van der Waals surface area contributed by atoms with E-state index in [2.05, 4.69) is 5.32 Å². The number of hydrogen-bond acceptors (Lipinski definition) is 4. The van der Waals surface area contributed by atoms with E-state index < -0.39 is 0 Å². The fourth-order valence-electron chi connectivity index (χ4n) is 1.74. The van der Waals surface area contributed by atoms with Gasteiger partial charge in [0, 0.05) is 13.1 Å². The van der Waals surface area contributed by atoms with Gasteiger partial charge in [0.05, 0.1) is 19.2 Å². The van der Waals surface area contributed by atoms with Gasteiger partial charge < -0.3 is 10.1 Å². The molecule has 0 radical (unpaired) electrons. The monoisotopic (exact) mass is 250 g/mol. The van der Waals surface area contributed by atoms with Gasteiger partial charge in [0.25, 0.3) is 0 Å². The molecule has 0 saturated carbocycles. The topological polar surface area (TPSA) is 41.6 Å². The van der Waals surface area contributed by atoms with Crippen LogP contribution in [-0.2, 0) is 0 Å². The minimum atomic E-state index is 0.0884. The average molecular weight is 250 g/mol. The third-order valence-electron chi connectivity index (χ3n) is 2.81. The van der Waals surface area contributed by atoms with Gasteiger partial charge in [-0.15, -0.1) is 0 Å². The highest BCUT2D eigenvalue weighted by Gasteiger charge is 2.14. The second-order valence-corrected chi connectivity index (χ2v) is 4.47. The molecule has 0 amide bonds. The molecule has 0 atom stereocenters. The van der Waals surface area contributed by atoms with Crippen LogP contribution in [0.3, 0.4) is 0 Å². The molecule has 0 aliphatic carbocycles. The molecule has 4 heteroatoms. The Hall–Kier alpha value is -1.39. The van der Waals surface area contributed by atoms with Crippen molar-refractivity contribution in [3.05, 3.63) is 29.3 Å². The van der Waals surface area contributed by atoms with E-state index >= 15 is 0 Å². The van der Waals surface area contributed by atoms with Crippen LogP contribution in [0.5, 0.6) is 5.75 Å². The highest BCUT2D eigenvalue weighted by atomic mass is 16.5. The molecule has 0 saturated heterocycles. The summed E-state index contributed by atoms with van der Waals surface area (Å²) < 4.78 is 5.26. The van der Waals surface area contributed by atoms with Crippen molar-refractivity contribution in [1.82, 2.24) is 10.2 Å². The molecule has 18 heavy (non-hydrogen) atoms. The Morgan fingerprint density at radius 2 is 2.17 bits per heavy atom. The zero-order valence-electron chi connectivity index (χ0n) is 11.6. The van der Waals surface area contributed by atoms with E-state index in [-0.39, 0.29) is 5.78 Å². The van der Waals surface area contributed by atoms with E-state index in [1.807, 2.05) is 44.1 Å². The van der Waals surface area contributed by atoms with Gasteiger partial charge >= 0.3 is 0 Å². The van der Waals surface area contributed by atoms with Crippen molar-refractivity contribution < 1.29 is 9.53 Å². The fraction of sp³-hybridized carbons (Fsp3) is 0.500. The number of rotatable bonds is 7. The van der Waals surface area contributed by atoms with E-state index in [1.165, 1.54) is 0 Å². The lowest BCUT2D eigenvalue weighted by Gasteiger charge is -2.16. The van der Waals surface area contributed by atoms with Gasteiger partial charge in [-0.05, 0) is 38.7 Å². The van der Waals surface area contributed by atoms with Crippen molar-refractivity contribution in [2.75, 3.05) is 40.8 Å². The average Bonchev–Trinajstić information content (AvgIpc) is 2.35. The Morgan fingerprint density at radius 1 is 1.44 bits per heavy atom. The van der Waals surface area contributed by atoms with Gasteiger partial charge in [-0.2, -0.15) is 0 Å². The molecule has 1 aromatic carbocycles. The number of carbonyl (C=O) groups is 1. The maximum absolute atomic E-state index is 12.2. The minimum absolute atomic E-state index is 0.0884. The number of Topliss-reactive ketones (excluding diaryl/α,β-unsaturated/α-hetero) is 1. The zero-order chi connectivity index (χ0) is 13.5. The first-order valence-electron chi connectivity index (χ1n) is 6.09. The summed E-state index contributed by atoms with van der Waals surface area (Å²) in [4.78, 5) is 14.2. The zero-order valence-corrected chi connectivity index (χ0v) is 11.6. The third-order valence-corrected chi connectivity index (χ3v) is 2.81. The highest BCUT2D eigenvalue weighted by Crippen LogP contribution is 2.20. The molecule has 1 N–H and O–H groups in total. The molecule has 100 valence electrons. The molecule has 0 aromatic heterocycles. The molecule has 0 unspecified atom stereocenters. The van der Waals surface area contributed by atoms with E-state index in [4.69, 9.17) is 4.74 Å². The minimum Gasteiger partial charge on any atom is -0.496 e. The SMILES string of the molecule is CNCCN(C)CC(=O)c1ccc(C)cc1OC. The van der Waals surface area contributed by atoms with E-state index in [0.29, 0.717) is 17.9 Å². The van der Waals surface area contributed by atoms with Crippen molar-refractivity contribution in [3.8, 4) is 5.75 Å². The summed E-state index contributed by atoms with van der Waals surface area (Å²) in [6.45, 7) is 4.10. The highest BCUT2D eigenvalue weighted by molar-refractivity contribution is 6.00. The molecule has 1 aromatic rings. The normalized spacial score (nSPS) is 10.7. The van der Waals surface area contributed by atoms with Crippen LogP contribution in [-0.4, -0.2) is 51.5 Å². The van der Waals surface area contributed by atoms with Crippen molar-refractivity contribution in [1.29, 1.82) is 0 Å². The fourth-order valence-corrected chi connectivity index (χ4v) is 1.74. The largest absolute Gasteiger partial charge is 0.496 e. The van der Waals surface area contributed by atoms with Gasteiger partial charge in [-0.25, -0.2) is 0 Å². The van der Waals surface area contributed by atoms with Gasteiger partial charge in [0.2, 0.25) is 0 Å². The predicted molar refractivity (Wildman–Crippen MR) is 73.5 cm³/mol. The Bertz CT molecular complexity index is 405. The second kappa shape index (κ2) is 7.13. The van der Waals surface area contributed by atoms with Crippen molar-refractivity contribution in [3.63, 3.8) is 0 Å². The number of ether oxygens (including phenoxy) is 1. The van der Waals surface area contributed by atoms with Crippen LogP contribution in [0.2, 0.25) is 0 Å². The van der Waals surface area contributed by atoms with E-state index in [9.17, 15) is 4.79 Å². The number of ketones is 1. The summed E-state index contributed by atoms with van der Waals surface area (Å²) in [5.41, 5.74) is 1.74. The van der Waals surface area contributed by atoms with Crippen LogP contribution in [0.15, 0.2) is 18.2 Å². The number of hydrogen-bond donors (Lipinski definition) is 1. The maximum atomic E-state index is 12.2. The molecule has 0 fully saturated rings. The van der Waals surface area contributed by atoms with E-state index in [0.717, 1.165) is 18.7 Å². The number of likely N-dealkylation sites (N-methyl/N-ethyl adjacent to an activating group) is 2. The van der Waals surface area contributed by atoms with Gasteiger partial charge in [-0.3, -0.25) is 9.69 Å². The molecule has 0 aliphatic rings. The predicted octanol–water partition coefficient (Wildman–Crippen LogP) is 1.34. The number of benzene rings is 1. The van der Waals surface area contributed by atoms with Crippen molar-refractivity contribution in [2.45, 2.75) is 6.92 Å². The quantitative estimate of drug-likeness (QED) is 0.741. The molecular formula is C14H22N2O2. The molecule has 1 rings (SSSR count). The lowest BCUT2D eigenvalue weighted by molar-refractivity contribution is 0.0944. The number of nitrogens with one attached hydrogen (secondary N) is 1. The van der Waals surface area contributed by atoms with Crippen LogP contribution in [0, 0.1) is 6.92 Å². The van der Waals surface area contributed by atoms with Crippen LogP contribution in [0.4, 0.5) is 0 Å². The number of methoxy groups -OCH3 is 1. The van der Waals surface area contributed by atoms with Crippen LogP contribution in [0.1, 0.15) is 15.9 Å². The molecule has 0 spiro atoms. The van der Waals surface area contributed by atoms with Gasteiger partial charge in [0.1, 0.15) is 5.75 Å². The Labute approximate surface area is 109 Å². The summed E-state index contributed by atoms with van der Waals surface area (Å²) in [6, 6.07) is 5.66. The smallest absolute Gasteiger partial charge is 0.180 e. The number of nitrogens with zero attached hydrogens (tertiary/aromatic N) is 1. The number of carbonyl (C=O) groups excluding carboxylic acids is 1.